The van der Waals surface area contributed by atoms with Crippen molar-refractivity contribution in [2.75, 3.05) is 11.9 Å². The van der Waals surface area contributed by atoms with Gasteiger partial charge in [0.25, 0.3) is 0 Å². The van der Waals surface area contributed by atoms with Gasteiger partial charge in [0.15, 0.2) is 0 Å². The number of ether oxygens (including phenoxy) is 1. The van der Waals surface area contributed by atoms with Crippen molar-refractivity contribution < 1.29 is 17.9 Å². The van der Waals surface area contributed by atoms with Crippen molar-refractivity contribution in [3.63, 3.8) is 0 Å². The monoisotopic (exact) mass is 457 g/mol. The molecule has 30 heavy (non-hydrogen) atoms. The summed E-state index contributed by atoms with van der Waals surface area (Å²) in [5.74, 6) is 2.50. The second-order valence-electron chi connectivity index (χ2n) is 6.67. The molecule has 1 N–H and O–H groups in total. The van der Waals surface area contributed by atoms with E-state index < -0.39 is 9.84 Å². The van der Waals surface area contributed by atoms with Gasteiger partial charge in [-0.1, -0.05) is 29.7 Å². The molecule has 0 saturated carbocycles. The predicted octanol–water partition coefficient (Wildman–Crippen LogP) is 4.72. The van der Waals surface area contributed by atoms with Crippen LogP contribution in [0.3, 0.4) is 0 Å². The summed E-state index contributed by atoms with van der Waals surface area (Å²) in [6.45, 7) is 0.141. The molecule has 1 aromatic heterocycles. The van der Waals surface area contributed by atoms with Crippen LogP contribution in [0.15, 0.2) is 63.7 Å². The number of terminal acetylenes is 1. The van der Waals surface area contributed by atoms with E-state index in [1.807, 2.05) is 18.2 Å². The minimum absolute atomic E-state index is 0.0857. The third-order valence-electron chi connectivity index (χ3n) is 4.75. The number of nitrogens with one attached hydrogen (secondary N) is 1. The van der Waals surface area contributed by atoms with Crippen molar-refractivity contribution >= 4 is 44.4 Å². The first-order chi connectivity index (χ1) is 14.4. The summed E-state index contributed by atoms with van der Waals surface area (Å²) in [6.07, 6.45) is 5.46. The summed E-state index contributed by atoms with van der Waals surface area (Å²) >= 11 is 7.19. The van der Waals surface area contributed by atoms with Gasteiger partial charge in [-0.25, -0.2) is 8.42 Å². The van der Waals surface area contributed by atoms with E-state index in [1.165, 1.54) is 35.6 Å². The number of thiophene rings is 1. The third-order valence-corrected chi connectivity index (χ3v) is 8.04. The molecule has 1 atom stereocenters. The molecule has 1 amide bonds. The summed E-state index contributed by atoms with van der Waals surface area (Å²) in [7, 11) is -3.81. The standard InChI is InChI=1S/C22H16ClNO4S2/c1-2-10-28-16-5-3-4-14(11-16)18-12-20(25)24-21-19(13-29-22(18)21)30(26,27)17-8-6-15(23)7-9-17/h1,3-9,11,13,18H,10,12H2,(H,24,25)/t18-/m0/s1. The van der Waals surface area contributed by atoms with Gasteiger partial charge in [-0.15, -0.1) is 17.8 Å². The summed E-state index contributed by atoms with van der Waals surface area (Å²) in [5, 5.41) is 4.77. The maximum atomic E-state index is 13.2. The zero-order valence-electron chi connectivity index (χ0n) is 15.6. The Kier molecular flexibility index (Phi) is 5.56. The number of fused-ring (bicyclic) bond motifs is 1. The summed E-state index contributed by atoms with van der Waals surface area (Å²) in [5.41, 5.74) is 1.20. The zero-order chi connectivity index (χ0) is 21.3. The van der Waals surface area contributed by atoms with Crippen molar-refractivity contribution in [1.29, 1.82) is 0 Å². The van der Waals surface area contributed by atoms with Crippen LogP contribution in [0.5, 0.6) is 5.75 Å². The van der Waals surface area contributed by atoms with Crippen LogP contribution >= 0.6 is 22.9 Å². The fraction of sp³-hybridized carbons (Fsp3) is 0.136. The number of halogens is 1. The number of sulfone groups is 1. The van der Waals surface area contributed by atoms with Gasteiger partial charge in [0.05, 0.1) is 10.6 Å². The average Bonchev–Trinajstić information content (AvgIpc) is 3.16. The number of benzene rings is 2. The SMILES string of the molecule is C#CCOc1cccc([C@@H]2CC(=O)Nc3c(S(=O)(=O)c4ccc(Cl)cc4)csc32)c1. The van der Waals surface area contributed by atoms with Crippen molar-refractivity contribution in [2.45, 2.75) is 22.1 Å². The topological polar surface area (TPSA) is 72.5 Å². The van der Waals surface area contributed by atoms with Crippen LogP contribution in [0.25, 0.3) is 0 Å². The fourth-order valence-corrected chi connectivity index (χ4v) is 6.39. The molecule has 1 aliphatic rings. The van der Waals surface area contributed by atoms with E-state index in [0.717, 1.165) is 10.4 Å². The van der Waals surface area contributed by atoms with Gasteiger partial charge in [-0.2, -0.15) is 0 Å². The minimum atomic E-state index is -3.81. The van der Waals surface area contributed by atoms with Crippen molar-refractivity contribution in [1.82, 2.24) is 0 Å². The highest BCUT2D eigenvalue weighted by molar-refractivity contribution is 7.91. The lowest BCUT2D eigenvalue weighted by molar-refractivity contribution is -0.116. The van der Waals surface area contributed by atoms with Gasteiger partial charge in [-0.05, 0) is 42.0 Å². The number of hydrogen-bond donors (Lipinski definition) is 1. The number of carbonyl (C=O) groups is 1. The highest BCUT2D eigenvalue weighted by Gasteiger charge is 2.34. The largest absolute Gasteiger partial charge is 0.481 e. The van der Waals surface area contributed by atoms with Crippen LogP contribution in [0.1, 0.15) is 22.8 Å². The van der Waals surface area contributed by atoms with Gasteiger partial charge in [0.2, 0.25) is 15.7 Å². The van der Waals surface area contributed by atoms with Gasteiger partial charge in [-0.3, -0.25) is 4.79 Å². The van der Waals surface area contributed by atoms with E-state index in [1.54, 1.807) is 11.4 Å². The Balaban J connectivity index is 1.76. The number of rotatable bonds is 5. The summed E-state index contributed by atoms with van der Waals surface area (Å²) in [6, 6.07) is 13.3. The van der Waals surface area contributed by atoms with Gasteiger partial charge < -0.3 is 10.1 Å². The molecule has 4 rings (SSSR count). The normalized spacial score (nSPS) is 15.7. The lowest BCUT2D eigenvalue weighted by Gasteiger charge is -2.24. The minimum Gasteiger partial charge on any atom is -0.481 e. The molecule has 0 spiro atoms. The van der Waals surface area contributed by atoms with Crippen LogP contribution in [-0.4, -0.2) is 20.9 Å². The molecule has 0 radical (unpaired) electrons. The van der Waals surface area contributed by atoms with E-state index in [9.17, 15) is 13.2 Å². The molecular weight excluding hydrogens is 442 g/mol. The quantitative estimate of drug-likeness (QED) is 0.562. The predicted molar refractivity (Wildman–Crippen MR) is 117 cm³/mol. The van der Waals surface area contributed by atoms with E-state index in [-0.39, 0.29) is 34.6 Å². The Morgan fingerprint density at radius 3 is 2.73 bits per heavy atom. The molecule has 2 aromatic carbocycles. The van der Waals surface area contributed by atoms with Gasteiger partial charge in [0.1, 0.15) is 17.3 Å². The average molecular weight is 458 g/mol. The van der Waals surface area contributed by atoms with E-state index in [4.69, 9.17) is 22.8 Å². The van der Waals surface area contributed by atoms with Crippen LogP contribution in [0, 0.1) is 12.3 Å². The Morgan fingerprint density at radius 1 is 1.23 bits per heavy atom. The molecule has 0 unspecified atom stereocenters. The summed E-state index contributed by atoms with van der Waals surface area (Å²) < 4.78 is 31.8. The fourth-order valence-electron chi connectivity index (χ4n) is 3.36. The molecule has 152 valence electrons. The maximum Gasteiger partial charge on any atom is 0.225 e. The smallest absolute Gasteiger partial charge is 0.225 e. The third kappa shape index (κ3) is 3.82. The lowest BCUT2D eigenvalue weighted by atomic mass is 9.90. The highest BCUT2D eigenvalue weighted by atomic mass is 35.5. The second kappa shape index (κ2) is 8.15. The van der Waals surface area contributed by atoms with Crippen LogP contribution in [0.2, 0.25) is 5.02 Å². The van der Waals surface area contributed by atoms with E-state index in [2.05, 4.69) is 11.2 Å². The number of anilines is 1. The van der Waals surface area contributed by atoms with E-state index in [0.29, 0.717) is 16.5 Å². The highest BCUT2D eigenvalue weighted by Crippen LogP contribution is 2.46. The first kappa shape index (κ1) is 20.5. The Hall–Kier alpha value is -2.79. The number of amides is 1. The number of hydrogen-bond acceptors (Lipinski definition) is 5. The van der Waals surface area contributed by atoms with Gasteiger partial charge >= 0.3 is 0 Å². The van der Waals surface area contributed by atoms with Crippen molar-refractivity contribution in [2.24, 2.45) is 0 Å². The van der Waals surface area contributed by atoms with Crippen LogP contribution < -0.4 is 10.1 Å². The lowest BCUT2D eigenvalue weighted by Crippen LogP contribution is -2.23. The number of carbonyl (C=O) groups excluding carboxylic acids is 1. The van der Waals surface area contributed by atoms with Crippen molar-refractivity contribution in [3.05, 3.63) is 69.4 Å². The zero-order valence-corrected chi connectivity index (χ0v) is 18.0. The van der Waals surface area contributed by atoms with Crippen molar-refractivity contribution in [3.8, 4) is 18.1 Å². The molecule has 1 aliphatic heterocycles. The Morgan fingerprint density at radius 2 is 2.00 bits per heavy atom. The second-order valence-corrected chi connectivity index (χ2v) is 9.93. The van der Waals surface area contributed by atoms with Gasteiger partial charge in [0, 0.05) is 27.6 Å². The summed E-state index contributed by atoms with van der Waals surface area (Å²) in [4.78, 5) is 13.4. The molecule has 2 heterocycles. The molecule has 0 aliphatic carbocycles. The maximum absolute atomic E-state index is 13.2. The molecule has 0 fully saturated rings. The Labute approximate surface area is 183 Å². The first-order valence-corrected chi connectivity index (χ1v) is 11.7. The molecule has 0 saturated heterocycles. The molecular formula is C22H16ClNO4S2. The molecule has 0 bridgehead atoms. The van der Waals surface area contributed by atoms with Crippen LogP contribution in [0.4, 0.5) is 5.69 Å². The Bertz CT molecular complexity index is 1260. The van der Waals surface area contributed by atoms with Crippen LogP contribution in [-0.2, 0) is 14.6 Å². The molecule has 5 nitrogen and oxygen atoms in total. The first-order valence-electron chi connectivity index (χ1n) is 8.98. The molecule has 8 heteroatoms. The van der Waals surface area contributed by atoms with E-state index >= 15 is 0 Å². The molecule has 3 aromatic rings.